The van der Waals surface area contributed by atoms with Crippen LogP contribution in [-0.4, -0.2) is 91.4 Å². The summed E-state index contributed by atoms with van der Waals surface area (Å²) in [5.74, 6) is -3.22. The van der Waals surface area contributed by atoms with Crippen LogP contribution in [0.4, 0.5) is 64.4 Å². The number of anilines is 6. The Morgan fingerprint density at radius 2 is 0.726 bits per heavy atom. The Balaban J connectivity index is 0.000000181. The summed E-state index contributed by atoms with van der Waals surface area (Å²) in [5.41, 5.74) is 3.49. The summed E-state index contributed by atoms with van der Waals surface area (Å²) in [6.07, 6.45) is 0. The van der Waals surface area contributed by atoms with Gasteiger partial charge in [-0.05, 0) is 188 Å². The van der Waals surface area contributed by atoms with Crippen molar-refractivity contribution >= 4 is 121 Å². The van der Waals surface area contributed by atoms with Crippen LogP contribution >= 0.6 is 36.7 Å². The van der Waals surface area contributed by atoms with Crippen LogP contribution < -0.4 is 38.9 Å². The summed E-state index contributed by atoms with van der Waals surface area (Å²) in [6.45, 7) is 36.7. The van der Waals surface area contributed by atoms with Crippen LogP contribution in [0.1, 0.15) is 58.2 Å². The standard InChI is InChI=1S/2C21H20FN3O3S.C19H16FN3O2S/c2*1-13-11-14(5-7-17(13)23-4)24-19(27)21(2,3)25(20(24)29)15-6-8-18(16(22)12-15)28-10-9-26;1-11-9-12(5-7-15(11)21-4)22-17(25)19(2,3)23(18(22)26)13-6-8-16(24)14(20)10-13/h2*5-8,11-12,26H,9-10H2,1-3H3;5-10,24H,1-3H3. The number of rotatable bonds is 12. The highest BCUT2D eigenvalue weighted by atomic mass is 32.1. The minimum atomic E-state index is -1.04. The van der Waals surface area contributed by atoms with E-state index in [1.165, 1.54) is 51.1 Å². The maximum Gasteiger partial charge on any atom is 0.259 e. The van der Waals surface area contributed by atoms with Crippen LogP contribution in [0.15, 0.2) is 109 Å². The molecule has 0 unspecified atom stereocenters. The molecule has 0 aliphatic carbocycles. The topological polar surface area (TPSA) is 163 Å². The zero-order chi connectivity index (χ0) is 61.9. The molecule has 0 aromatic heterocycles. The van der Waals surface area contributed by atoms with Gasteiger partial charge in [-0.2, -0.15) is 0 Å². The molecule has 3 amide bonds. The molecule has 6 aromatic rings. The molecule has 3 N–H and O–H groups in total. The molecule has 432 valence electrons. The number of amides is 3. The lowest BCUT2D eigenvalue weighted by Gasteiger charge is -2.29. The number of ether oxygens (including phenoxy) is 2. The number of carbonyl (C=O) groups excluding carboxylic acids is 3. The monoisotopic (exact) mass is 1200 g/mol. The molecule has 3 aliphatic rings. The van der Waals surface area contributed by atoms with Gasteiger partial charge in [-0.3, -0.25) is 29.1 Å². The first-order valence-corrected chi connectivity index (χ1v) is 26.9. The Morgan fingerprint density at radius 1 is 0.452 bits per heavy atom. The highest BCUT2D eigenvalue weighted by molar-refractivity contribution is 7.81. The lowest BCUT2D eigenvalue weighted by Crippen LogP contribution is -2.44. The second-order valence-electron chi connectivity index (χ2n) is 20.7. The molecule has 6 aromatic carbocycles. The number of nitrogens with zero attached hydrogens (tertiary/aromatic N) is 9. The van der Waals surface area contributed by atoms with Gasteiger partial charge < -0.3 is 39.5 Å². The van der Waals surface area contributed by atoms with E-state index in [1.54, 1.807) is 144 Å². The maximum atomic E-state index is 14.5. The summed E-state index contributed by atoms with van der Waals surface area (Å²) in [5, 5.41) is 27.7. The number of phenolic OH excluding ortho intramolecular Hbond substituents is 1. The van der Waals surface area contributed by atoms with Crippen molar-refractivity contribution in [1.82, 2.24) is 0 Å². The van der Waals surface area contributed by atoms with Crippen LogP contribution in [0.5, 0.6) is 17.2 Å². The number of aromatic hydroxyl groups is 1. The van der Waals surface area contributed by atoms with Gasteiger partial charge in [0.1, 0.15) is 29.8 Å². The van der Waals surface area contributed by atoms with Crippen molar-refractivity contribution in [3.8, 4) is 17.2 Å². The van der Waals surface area contributed by atoms with Gasteiger partial charge in [0.2, 0.25) is 0 Å². The Kier molecular flexibility index (Phi) is 18.5. The van der Waals surface area contributed by atoms with Crippen LogP contribution in [0.3, 0.4) is 0 Å². The molecule has 84 heavy (non-hydrogen) atoms. The molecule has 0 radical (unpaired) electrons. The molecule has 0 atom stereocenters. The van der Waals surface area contributed by atoms with Crippen molar-refractivity contribution in [1.29, 1.82) is 0 Å². The van der Waals surface area contributed by atoms with E-state index in [0.29, 0.717) is 51.2 Å². The number of phenols is 1. The second kappa shape index (κ2) is 24.8. The number of aliphatic hydroxyl groups excluding tert-OH is 2. The third-order valence-corrected chi connectivity index (χ3v) is 15.0. The van der Waals surface area contributed by atoms with E-state index in [2.05, 4.69) is 14.5 Å². The summed E-state index contributed by atoms with van der Waals surface area (Å²) in [4.78, 5) is 58.6. The minimum absolute atomic E-state index is 0.0132. The molecular weight excluding hydrogens is 1140 g/mol. The van der Waals surface area contributed by atoms with Gasteiger partial charge >= 0.3 is 0 Å². The van der Waals surface area contributed by atoms with Crippen molar-refractivity contribution in [2.45, 2.75) is 78.9 Å². The number of aryl methyl sites for hydroxylation is 3. The van der Waals surface area contributed by atoms with Gasteiger partial charge in [0, 0.05) is 52.3 Å². The van der Waals surface area contributed by atoms with Gasteiger partial charge in [0.05, 0.1) is 32.9 Å². The first-order valence-electron chi connectivity index (χ1n) is 25.7. The fourth-order valence-electron chi connectivity index (χ4n) is 9.52. The van der Waals surface area contributed by atoms with Crippen molar-refractivity contribution in [2.24, 2.45) is 0 Å². The molecule has 0 saturated carbocycles. The third kappa shape index (κ3) is 11.8. The Labute approximate surface area is 500 Å². The molecule has 23 heteroatoms. The number of carbonyl (C=O) groups is 3. The molecule has 17 nitrogen and oxygen atoms in total. The summed E-state index contributed by atoms with van der Waals surface area (Å²) in [7, 11) is 0. The van der Waals surface area contributed by atoms with Crippen molar-refractivity contribution in [3.63, 3.8) is 0 Å². The molecule has 3 saturated heterocycles. The average Bonchev–Trinajstić information content (AvgIpc) is 2.83. The van der Waals surface area contributed by atoms with E-state index in [4.69, 9.17) is 76.1 Å². The average molecular weight is 1200 g/mol. The van der Waals surface area contributed by atoms with E-state index < -0.39 is 39.8 Å². The first-order chi connectivity index (χ1) is 39.6. The summed E-state index contributed by atoms with van der Waals surface area (Å²) < 4.78 is 53.0. The molecule has 9 rings (SSSR count). The van der Waals surface area contributed by atoms with Crippen LogP contribution in [-0.2, 0) is 14.4 Å². The smallest absolute Gasteiger partial charge is 0.259 e. The number of hydrogen-bond donors (Lipinski definition) is 3. The highest BCUT2D eigenvalue weighted by Crippen LogP contribution is 2.42. The van der Waals surface area contributed by atoms with Crippen molar-refractivity contribution < 1.29 is 52.3 Å². The Hall–Kier alpha value is -9.02. The van der Waals surface area contributed by atoms with E-state index in [0.717, 1.165) is 22.8 Å². The zero-order valence-corrected chi connectivity index (χ0v) is 49.4. The number of aliphatic hydroxyl groups is 2. The van der Waals surface area contributed by atoms with Crippen molar-refractivity contribution in [3.05, 3.63) is 178 Å². The lowest BCUT2D eigenvalue weighted by atomic mass is 10.0. The van der Waals surface area contributed by atoms with E-state index in [-0.39, 0.29) is 71.0 Å². The Bertz CT molecular complexity index is 3660. The number of hydrogen-bond acceptors (Lipinski definition) is 11. The quantitative estimate of drug-likeness (QED) is 0.0783. The van der Waals surface area contributed by atoms with Gasteiger partial charge in [0.15, 0.2) is 67.1 Å². The third-order valence-electron chi connectivity index (χ3n) is 13.9. The van der Waals surface area contributed by atoms with E-state index in [1.807, 2.05) is 0 Å². The van der Waals surface area contributed by atoms with Gasteiger partial charge in [-0.1, -0.05) is 18.2 Å². The fraction of sp³-hybridized carbons (Fsp3) is 0.262. The fourth-order valence-corrected chi connectivity index (χ4v) is 11.1. The Morgan fingerprint density at radius 3 is 0.976 bits per heavy atom. The summed E-state index contributed by atoms with van der Waals surface area (Å²) in [6, 6.07) is 27.7. The lowest BCUT2D eigenvalue weighted by molar-refractivity contribution is -0.121. The predicted molar refractivity (Wildman–Crippen MR) is 328 cm³/mol. The van der Waals surface area contributed by atoms with Crippen LogP contribution in [0.25, 0.3) is 14.5 Å². The second-order valence-corrected chi connectivity index (χ2v) is 21.8. The molecule has 3 aliphatic heterocycles. The normalized spacial score (nSPS) is 15.8. The van der Waals surface area contributed by atoms with Crippen LogP contribution in [0, 0.1) is 57.9 Å². The molecule has 0 spiro atoms. The number of halogens is 3. The number of thiocarbonyl (C=S) groups is 3. The van der Waals surface area contributed by atoms with Crippen LogP contribution in [0.2, 0.25) is 0 Å². The summed E-state index contributed by atoms with van der Waals surface area (Å²) >= 11 is 16.7. The van der Waals surface area contributed by atoms with Crippen molar-refractivity contribution in [2.75, 3.05) is 55.8 Å². The van der Waals surface area contributed by atoms with E-state index >= 15 is 0 Å². The largest absolute Gasteiger partial charge is 0.505 e. The molecular formula is C61H56F3N9O8S3. The maximum absolute atomic E-state index is 14.5. The predicted octanol–water partition coefficient (Wildman–Crippen LogP) is 12.3. The SMILES string of the molecule is [C-]#[N+]c1ccc(N2C(=O)C(C)(C)N(c3ccc(O)c(F)c3)C2=S)cc1C.[C-]#[N+]c1ccc(N2C(=O)C(C)(C)N(c3ccc(OCCO)c(F)c3)C2=S)cc1C.[C-]#[N+]c1ccc(N2C(=O)C(C)(C)N(c3ccc(OCCO)c(F)c3)C2=S)cc1C. The van der Waals surface area contributed by atoms with Gasteiger partial charge in [-0.25, -0.2) is 27.7 Å². The van der Waals surface area contributed by atoms with E-state index in [9.17, 15) is 32.7 Å². The molecule has 3 fully saturated rings. The molecule has 0 bridgehead atoms. The number of benzene rings is 6. The minimum Gasteiger partial charge on any atom is -0.505 e. The van der Waals surface area contributed by atoms with Gasteiger partial charge in [-0.15, -0.1) is 0 Å². The van der Waals surface area contributed by atoms with Gasteiger partial charge in [0.25, 0.3) is 17.7 Å². The molecule has 3 heterocycles. The zero-order valence-electron chi connectivity index (χ0n) is 47.0. The first kappa shape index (κ1) is 62.6. The highest BCUT2D eigenvalue weighted by Gasteiger charge is 2.53.